The number of carbonyl (C=O) groups excluding carboxylic acids is 3. The molecule has 2 aliphatic heterocycles. The molecule has 9 heteroatoms. The van der Waals surface area contributed by atoms with E-state index < -0.39 is 11.6 Å². The van der Waals surface area contributed by atoms with Crippen LogP contribution in [-0.4, -0.2) is 75.8 Å². The molecule has 0 atom stereocenters. The van der Waals surface area contributed by atoms with Crippen LogP contribution in [0.2, 0.25) is 0 Å². The van der Waals surface area contributed by atoms with Gasteiger partial charge in [0, 0.05) is 38.1 Å². The van der Waals surface area contributed by atoms with Crippen molar-refractivity contribution in [3.8, 4) is 0 Å². The molecule has 2 saturated heterocycles. The van der Waals surface area contributed by atoms with Gasteiger partial charge in [0.15, 0.2) is 0 Å². The van der Waals surface area contributed by atoms with E-state index in [1.165, 1.54) is 0 Å². The molecule has 1 saturated carbocycles. The third kappa shape index (κ3) is 4.94. The SMILES string of the molecule is CCC(C)(C)C1CCC2(CC1)NC(=O)N(CC(=O)N1CCN(Cc3csc(C)n3)CC1)C2=O. The fourth-order valence-electron chi connectivity index (χ4n) is 5.44. The van der Waals surface area contributed by atoms with Gasteiger partial charge in [0.2, 0.25) is 5.91 Å². The lowest BCUT2D eigenvalue weighted by Crippen LogP contribution is -2.53. The van der Waals surface area contributed by atoms with Crippen molar-refractivity contribution in [1.82, 2.24) is 25.0 Å². The zero-order valence-corrected chi connectivity index (χ0v) is 21.2. The summed E-state index contributed by atoms with van der Waals surface area (Å²) in [6.45, 7) is 12.1. The molecule has 1 N–H and O–H groups in total. The normalized spacial score (nSPS) is 26.8. The van der Waals surface area contributed by atoms with E-state index in [-0.39, 0.29) is 23.8 Å². The average molecular weight is 476 g/mol. The lowest BCUT2D eigenvalue weighted by Gasteiger charge is -2.42. The Hall–Kier alpha value is -2.00. The molecule has 1 aromatic heterocycles. The molecule has 0 radical (unpaired) electrons. The number of piperazine rings is 1. The summed E-state index contributed by atoms with van der Waals surface area (Å²) in [5.74, 6) is 0.185. The third-order valence-electron chi connectivity index (χ3n) is 8.17. The molecule has 3 aliphatic rings. The number of urea groups is 1. The van der Waals surface area contributed by atoms with Gasteiger partial charge in [-0.25, -0.2) is 9.78 Å². The number of thiazole rings is 1. The van der Waals surface area contributed by atoms with Gasteiger partial charge >= 0.3 is 6.03 Å². The second-order valence-corrected chi connectivity index (χ2v) is 11.6. The maximum absolute atomic E-state index is 13.3. The van der Waals surface area contributed by atoms with Crippen LogP contribution in [0, 0.1) is 18.3 Å². The Morgan fingerprint density at radius 2 is 1.88 bits per heavy atom. The minimum Gasteiger partial charge on any atom is -0.339 e. The summed E-state index contributed by atoms with van der Waals surface area (Å²) in [5.41, 5.74) is 0.491. The maximum Gasteiger partial charge on any atom is 0.325 e. The largest absolute Gasteiger partial charge is 0.339 e. The van der Waals surface area contributed by atoms with Gasteiger partial charge in [-0.3, -0.25) is 19.4 Å². The molecule has 0 aromatic carbocycles. The summed E-state index contributed by atoms with van der Waals surface area (Å²) in [6.07, 6.45) is 4.27. The topological polar surface area (TPSA) is 85.8 Å². The van der Waals surface area contributed by atoms with Crippen molar-refractivity contribution < 1.29 is 14.4 Å². The summed E-state index contributed by atoms with van der Waals surface area (Å²) < 4.78 is 0. The van der Waals surface area contributed by atoms with E-state index in [1.54, 1.807) is 16.2 Å². The molecule has 33 heavy (non-hydrogen) atoms. The van der Waals surface area contributed by atoms with Crippen molar-refractivity contribution in [2.24, 2.45) is 11.3 Å². The fraction of sp³-hybridized carbons (Fsp3) is 0.750. The van der Waals surface area contributed by atoms with Gasteiger partial charge in [-0.15, -0.1) is 11.3 Å². The molecule has 1 spiro atoms. The number of aromatic nitrogens is 1. The number of hydrogen-bond acceptors (Lipinski definition) is 6. The molecule has 0 unspecified atom stereocenters. The van der Waals surface area contributed by atoms with E-state index in [2.05, 4.69) is 41.4 Å². The first-order valence-electron chi connectivity index (χ1n) is 12.2. The fourth-order valence-corrected chi connectivity index (χ4v) is 6.04. The van der Waals surface area contributed by atoms with Crippen LogP contribution >= 0.6 is 11.3 Å². The minimum atomic E-state index is -0.817. The monoisotopic (exact) mass is 475 g/mol. The van der Waals surface area contributed by atoms with Crippen LogP contribution in [0.1, 0.15) is 63.6 Å². The molecule has 4 rings (SSSR count). The van der Waals surface area contributed by atoms with Gasteiger partial charge in [-0.1, -0.05) is 27.2 Å². The Balaban J connectivity index is 1.29. The van der Waals surface area contributed by atoms with Crippen molar-refractivity contribution in [2.45, 2.75) is 71.9 Å². The van der Waals surface area contributed by atoms with Crippen molar-refractivity contribution in [2.75, 3.05) is 32.7 Å². The Kier molecular flexibility index (Phi) is 6.82. The lowest BCUT2D eigenvalue weighted by molar-refractivity contribution is -0.140. The molecular weight excluding hydrogens is 438 g/mol. The predicted octanol–water partition coefficient (Wildman–Crippen LogP) is 3.01. The number of imide groups is 1. The average Bonchev–Trinajstić information content (AvgIpc) is 3.30. The van der Waals surface area contributed by atoms with Crippen molar-refractivity contribution in [3.63, 3.8) is 0 Å². The van der Waals surface area contributed by atoms with Crippen LogP contribution in [0.4, 0.5) is 4.79 Å². The van der Waals surface area contributed by atoms with E-state index in [4.69, 9.17) is 0 Å². The Bertz CT molecular complexity index is 898. The summed E-state index contributed by atoms with van der Waals surface area (Å²) in [7, 11) is 0. The van der Waals surface area contributed by atoms with Crippen LogP contribution in [0.3, 0.4) is 0 Å². The molecule has 3 heterocycles. The van der Waals surface area contributed by atoms with Crippen LogP contribution in [0.25, 0.3) is 0 Å². The van der Waals surface area contributed by atoms with Gasteiger partial charge in [-0.05, 0) is 43.9 Å². The molecule has 8 nitrogen and oxygen atoms in total. The molecule has 1 aliphatic carbocycles. The molecular formula is C24H37N5O3S. The molecule has 182 valence electrons. The van der Waals surface area contributed by atoms with Crippen LogP contribution in [0.15, 0.2) is 5.38 Å². The zero-order valence-electron chi connectivity index (χ0n) is 20.4. The summed E-state index contributed by atoms with van der Waals surface area (Å²) in [5, 5.41) is 6.10. The van der Waals surface area contributed by atoms with Crippen molar-refractivity contribution in [1.29, 1.82) is 0 Å². The van der Waals surface area contributed by atoms with Gasteiger partial charge in [0.25, 0.3) is 5.91 Å². The highest BCUT2D eigenvalue weighted by molar-refractivity contribution is 7.09. The summed E-state index contributed by atoms with van der Waals surface area (Å²) in [6, 6.07) is -0.418. The quantitative estimate of drug-likeness (QED) is 0.639. The highest BCUT2D eigenvalue weighted by Crippen LogP contribution is 2.45. The first-order chi connectivity index (χ1) is 15.6. The highest BCUT2D eigenvalue weighted by atomic mass is 32.1. The number of nitrogens with zero attached hydrogens (tertiary/aromatic N) is 4. The van der Waals surface area contributed by atoms with Gasteiger partial charge in [0.1, 0.15) is 12.1 Å². The van der Waals surface area contributed by atoms with E-state index in [9.17, 15) is 14.4 Å². The lowest BCUT2D eigenvalue weighted by atomic mass is 9.65. The Morgan fingerprint density at radius 1 is 1.21 bits per heavy atom. The number of nitrogens with one attached hydrogen (secondary N) is 1. The number of hydrogen-bond donors (Lipinski definition) is 1. The van der Waals surface area contributed by atoms with E-state index >= 15 is 0 Å². The second kappa shape index (κ2) is 9.33. The molecule has 0 bridgehead atoms. The predicted molar refractivity (Wildman–Crippen MR) is 128 cm³/mol. The van der Waals surface area contributed by atoms with Gasteiger partial charge in [0.05, 0.1) is 10.7 Å². The van der Waals surface area contributed by atoms with Gasteiger partial charge in [-0.2, -0.15) is 0 Å². The van der Waals surface area contributed by atoms with Crippen LogP contribution in [-0.2, 0) is 16.1 Å². The van der Waals surface area contributed by atoms with E-state index in [0.29, 0.717) is 31.8 Å². The first-order valence-corrected chi connectivity index (χ1v) is 13.1. The smallest absolute Gasteiger partial charge is 0.325 e. The molecule has 4 amide bonds. The third-order valence-corrected chi connectivity index (χ3v) is 8.99. The van der Waals surface area contributed by atoms with Crippen molar-refractivity contribution >= 4 is 29.2 Å². The molecule has 3 fully saturated rings. The van der Waals surface area contributed by atoms with Crippen LogP contribution < -0.4 is 5.32 Å². The van der Waals surface area contributed by atoms with E-state index in [1.807, 2.05) is 6.92 Å². The summed E-state index contributed by atoms with van der Waals surface area (Å²) in [4.78, 5) is 48.6. The van der Waals surface area contributed by atoms with Crippen LogP contribution in [0.5, 0.6) is 0 Å². The molecule has 1 aromatic rings. The zero-order chi connectivity index (χ0) is 23.8. The minimum absolute atomic E-state index is 0.152. The van der Waals surface area contributed by atoms with Crippen molar-refractivity contribution in [3.05, 3.63) is 16.1 Å². The number of carbonyl (C=O) groups is 3. The van der Waals surface area contributed by atoms with Gasteiger partial charge < -0.3 is 10.2 Å². The number of rotatable bonds is 6. The Morgan fingerprint density at radius 3 is 2.45 bits per heavy atom. The highest BCUT2D eigenvalue weighted by Gasteiger charge is 2.54. The van der Waals surface area contributed by atoms with E-state index in [0.717, 1.165) is 54.5 Å². The maximum atomic E-state index is 13.3. The first kappa shape index (κ1) is 24.1. The Labute approximate surface area is 200 Å². The number of amides is 4. The summed E-state index contributed by atoms with van der Waals surface area (Å²) >= 11 is 1.65. The number of aryl methyl sites for hydroxylation is 1. The standard InChI is InChI=1S/C24H37N5O3S/c1-5-23(3,4)18-6-8-24(9-7-18)21(31)29(22(32)26-24)15-20(30)28-12-10-27(11-13-28)14-19-16-33-17(2)25-19/h16,18H,5-15H2,1-4H3,(H,26,32). The second-order valence-electron chi connectivity index (χ2n) is 10.5.